The van der Waals surface area contributed by atoms with Crippen LogP contribution in [0.15, 0.2) is 12.7 Å². The summed E-state index contributed by atoms with van der Waals surface area (Å²) >= 11 is 0. The van der Waals surface area contributed by atoms with E-state index in [4.69, 9.17) is 0 Å². The second kappa shape index (κ2) is 7.11. The first-order chi connectivity index (χ1) is 7.63. The van der Waals surface area contributed by atoms with Crippen LogP contribution in [0.2, 0.25) is 0 Å². The zero-order valence-corrected chi connectivity index (χ0v) is 11.3. The summed E-state index contributed by atoms with van der Waals surface area (Å²) in [4.78, 5) is 0. The van der Waals surface area contributed by atoms with Crippen LogP contribution in [0.25, 0.3) is 0 Å². The van der Waals surface area contributed by atoms with Gasteiger partial charge in [-0.25, -0.2) is 0 Å². The Morgan fingerprint density at radius 2 is 1.94 bits per heavy atom. The lowest BCUT2D eigenvalue weighted by molar-refractivity contribution is 0.335. The molecule has 0 amide bonds. The van der Waals surface area contributed by atoms with Crippen LogP contribution in [0, 0.1) is 11.8 Å². The lowest BCUT2D eigenvalue weighted by atomic mass is 9.89. The van der Waals surface area contributed by atoms with Gasteiger partial charge in [-0.3, -0.25) is 0 Å². The molecule has 16 heavy (non-hydrogen) atoms. The molecule has 1 heteroatoms. The standard InChI is InChI=1S/C15H29N/c1-5-7-13(4)16-15-9-6-8-14(10-11-15)12(2)3/h5,12-16H,1,6-11H2,2-4H3. The SMILES string of the molecule is C=CCC(C)NC1CCCC(C(C)C)CC1. The van der Waals surface area contributed by atoms with Crippen molar-refractivity contribution in [3.05, 3.63) is 12.7 Å². The highest BCUT2D eigenvalue weighted by Crippen LogP contribution is 2.28. The number of hydrogen-bond donors (Lipinski definition) is 1. The maximum absolute atomic E-state index is 3.81. The van der Waals surface area contributed by atoms with Crippen molar-refractivity contribution in [3.63, 3.8) is 0 Å². The summed E-state index contributed by atoms with van der Waals surface area (Å²) in [6.07, 6.45) is 10.1. The molecule has 0 aromatic heterocycles. The number of hydrogen-bond acceptors (Lipinski definition) is 1. The van der Waals surface area contributed by atoms with Crippen molar-refractivity contribution in [2.45, 2.75) is 71.4 Å². The first kappa shape index (κ1) is 13.8. The fourth-order valence-electron chi connectivity index (χ4n) is 2.88. The minimum atomic E-state index is 0.595. The highest BCUT2D eigenvalue weighted by molar-refractivity contribution is 4.81. The topological polar surface area (TPSA) is 12.0 Å². The Balaban J connectivity index is 2.32. The van der Waals surface area contributed by atoms with Crippen LogP contribution in [0.3, 0.4) is 0 Å². The molecular formula is C15H29N. The summed E-state index contributed by atoms with van der Waals surface area (Å²) in [7, 11) is 0. The van der Waals surface area contributed by atoms with Crippen LogP contribution in [0.1, 0.15) is 59.3 Å². The maximum Gasteiger partial charge on any atom is 0.00757 e. The Morgan fingerprint density at radius 3 is 2.56 bits per heavy atom. The molecule has 1 N–H and O–H groups in total. The average Bonchev–Trinajstić information content (AvgIpc) is 2.43. The molecule has 1 nitrogen and oxygen atoms in total. The Kier molecular flexibility index (Phi) is 6.12. The molecule has 0 aromatic carbocycles. The molecule has 3 atom stereocenters. The van der Waals surface area contributed by atoms with Crippen molar-refractivity contribution in [1.29, 1.82) is 0 Å². The van der Waals surface area contributed by atoms with Crippen LogP contribution in [-0.4, -0.2) is 12.1 Å². The molecule has 1 fully saturated rings. The molecule has 0 heterocycles. The van der Waals surface area contributed by atoms with Gasteiger partial charge >= 0.3 is 0 Å². The van der Waals surface area contributed by atoms with Gasteiger partial charge in [0.15, 0.2) is 0 Å². The first-order valence-corrected chi connectivity index (χ1v) is 7.00. The third-order valence-corrected chi connectivity index (χ3v) is 4.00. The van der Waals surface area contributed by atoms with Crippen LogP contribution in [0.4, 0.5) is 0 Å². The van der Waals surface area contributed by atoms with E-state index in [1.54, 1.807) is 0 Å². The van der Waals surface area contributed by atoms with Gasteiger partial charge in [0.2, 0.25) is 0 Å². The second-order valence-electron chi connectivity index (χ2n) is 5.80. The molecule has 0 bridgehead atoms. The minimum absolute atomic E-state index is 0.595. The summed E-state index contributed by atoms with van der Waals surface area (Å²) in [5.41, 5.74) is 0. The third kappa shape index (κ3) is 4.69. The quantitative estimate of drug-likeness (QED) is 0.545. The number of rotatable bonds is 5. The van der Waals surface area contributed by atoms with E-state index in [0.717, 1.165) is 24.3 Å². The molecule has 0 radical (unpaired) electrons. The molecule has 0 aromatic rings. The van der Waals surface area contributed by atoms with E-state index >= 15 is 0 Å². The van der Waals surface area contributed by atoms with E-state index in [9.17, 15) is 0 Å². The highest BCUT2D eigenvalue weighted by Gasteiger charge is 2.21. The van der Waals surface area contributed by atoms with Gasteiger partial charge in [-0.2, -0.15) is 0 Å². The van der Waals surface area contributed by atoms with E-state index in [1.165, 1.54) is 32.1 Å². The molecule has 1 rings (SSSR count). The second-order valence-corrected chi connectivity index (χ2v) is 5.80. The Hall–Kier alpha value is -0.300. The van der Waals surface area contributed by atoms with Crippen molar-refractivity contribution in [1.82, 2.24) is 5.32 Å². The molecule has 3 unspecified atom stereocenters. The monoisotopic (exact) mass is 223 g/mol. The van der Waals surface area contributed by atoms with Crippen molar-refractivity contribution in [2.24, 2.45) is 11.8 Å². The maximum atomic E-state index is 3.81. The summed E-state index contributed by atoms with van der Waals surface area (Å²) in [5.74, 6) is 1.82. The molecule has 0 aliphatic heterocycles. The Bertz CT molecular complexity index is 198. The first-order valence-electron chi connectivity index (χ1n) is 7.00. The van der Waals surface area contributed by atoms with Crippen LogP contribution < -0.4 is 5.32 Å². The normalized spacial score (nSPS) is 28.8. The summed E-state index contributed by atoms with van der Waals surface area (Å²) in [5, 5.41) is 3.75. The van der Waals surface area contributed by atoms with Crippen molar-refractivity contribution >= 4 is 0 Å². The largest absolute Gasteiger partial charge is 0.311 e. The number of nitrogens with one attached hydrogen (secondary N) is 1. The minimum Gasteiger partial charge on any atom is -0.311 e. The van der Waals surface area contributed by atoms with Crippen molar-refractivity contribution in [3.8, 4) is 0 Å². The van der Waals surface area contributed by atoms with Gasteiger partial charge in [-0.05, 0) is 44.4 Å². The zero-order chi connectivity index (χ0) is 12.0. The fourth-order valence-corrected chi connectivity index (χ4v) is 2.88. The van der Waals surface area contributed by atoms with E-state index in [-0.39, 0.29) is 0 Å². The predicted molar refractivity (Wildman–Crippen MR) is 72.6 cm³/mol. The smallest absolute Gasteiger partial charge is 0.00757 e. The molecule has 94 valence electrons. The summed E-state index contributed by atoms with van der Waals surface area (Å²) < 4.78 is 0. The molecule has 0 spiro atoms. The predicted octanol–water partition coefficient (Wildman–Crippen LogP) is 4.15. The van der Waals surface area contributed by atoms with Gasteiger partial charge in [0, 0.05) is 12.1 Å². The van der Waals surface area contributed by atoms with E-state index in [0.29, 0.717) is 6.04 Å². The molecule has 1 aliphatic carbocycles. The van der Waals surface area contributed by atoms with Gasteiger partial charge in [0.1, 0.15) is 0 Å². The summed E-state index contributed by atoms with van der Waals surface area (Å²) in [6.45, 7) is 10.8. The lowest BCUT2D eigenvalue weighted by Crippen LogP contribution is -2.35. The average molecular weight is 223 g/mol. The van der Waals surface area contributed by atoms with Crippen molar-refractivity contribution < 1.29 is 0 Å². The summed E-state index contributed by atoms with van der Waals surface area (Å²) in [6, 6.07) is 1.34. The zero-order valence-electron chi connectivity index (χ0n) is 11.3. The Morgan fingerprint density at radius 1 is 1.19 bits per heavy atom. The fraction of sp³-hybridized carbons (Fsp3) is 0.867. The van der Waals surface area contributed by atoms with Gasteiger partial charge in [-0.1, -0.05) is 32.8 Å². The molecule has 0 saturated heterocycles. The molecule has 1 saturated carbocycles. The van der Waals surface area contributed by atoms with E-state index in [1.807, 2.05) is 6.08 Å². The third-order valence-electron chi connectivity index (χ3n) is 4.00. The van der Waals surface area contributed by atoms with Crippen LogP contribution in [0.5, 0.6) is 0 Å². The van der Waals surface area contributed by atoms with E-state index in [2.05, 4.69) is 32.7 Å². The van der Waals surface area contributed by atoms with E-state index < -0.39 is 0 Å². The van der Waals surface area contributed by atoms with Gasteiger partial charge < -0.3 is 5.32 Å². The van der Waals surface area contributed by atoms with Gasteiger partial charge in [0.05, 0.1) is 0 Å². The Labute approximate surface area is 102 Å². The van der Waals surface area contributed by atoms with Crippen molar-refractivity contribution in [2.75, 3.05) is 0 Å². The lowest BCUT2D eigenvalue weighted by Gasteiger charge is -2.22. The van der Waals surface area contributed by atoms with Gasteiger partial charge in [0.25, 0.3) is 0 Å². The molecular weight excluding hydrogens is 194 g/mol. The molecule has 1 aliphatic rings. The highest BCUT2D eigenvalue weighted by atomic mass is 14.9. The van der Waals surface area contributed by atoms with Crippen LogP contribution in [-0.2, 0) is 0 Å². The van der Waals surface area contributed by atoms with Crippen LogP contribution >= 0.6 is 0 Å². The van der Waals surface area contributed by atoms with Gasteiger partial charge in [-0.15, -0.1) is 6.58 Å².